The van der Waals surface area contributed by atoms with Gasteiger partial charge in [0, 0.05) is 18.8 Å². The third-order valence-electron chi connectivity index (χ3n) is 4.00. The summed E-state index contributed by atoms with van der Waals surface area (Å²) in [5.74, 6) is 0. The Morgan fingerprint density at radius 1 is 1.38 bits per heavy atom. The quantitative estimate of drug-likeness (QED) is 0.730. The molecule has 0 saturated heterocycles. The molecule has 0 aliphatic carbocycles. The van der Waals surface area contributed by atoms with Crippen LogP contribution in [0.25, 0.3) is 0 Å². The van der Waals surface area contributed by atoms with Gasteiger partial charge in [-0.25, -0.2) is 4.79 Å². The number of benzene rings is 1. The normalized spacial score (nSPS) is 14.7. The molecule has 0 unspecified atom stereocenters. The van der Waals surface area contributed by atoms with Gasteiger partial charge in [-0.1, -0.05) is 43.7 Å². The number of amides is 2. The Morgan fingerprint density at radius 3 is 2.67 bits per heavy atom. The zero-order valence-corrected chi connectivity index (χ0v) is 14.5. The van der Waals surface area contributed by atoms with Crippen molar-refractivity contribution in [2.75, 3.05) is 6.54 Å². The largest absolute Gasteiger partial charge is 0.383 e. The number of hydrogen-bond donors (Lipinski definition) is 3. The van der Waals surface area contributed by atoms with Gasteiger partial charge in [0.05, 0.1) is 18.8 Å². The van der Waals surface area contributed by atoms with Crippen molar-refractivity contribution in [1.29, 1.82) is 0 Å². The molecule has 2 aromatic rings. The number of hydrogen-bond acceptors (Lipinski definition) is 3. The average molecular weight is 330 g/mol. The Morgan fingerprint density at radius 2 is 2.08 bits per heavy atom. The van der Waals surface area contributed by atoms with E-state index in [9.17, 15) is 9.90 Å². The predicted octanol–water partition coefficient (Wildman–Crippen LogP) is 2.47. The zero-order valence-electron chi connectivity index (χ0n) is 14.5. The summed E-state index contributed by atoms with van der Waals surface area (Å²) in [6.07, 6.45) is 5.16. The summed E-state index contributed by atoms with van der Waals surface area (Å²) in [7, 11) is 1.79. The highest BCUT2D eigenvalue weighted by molar-refractivity contribution is 5.74. The van der Waals surface area contributed by atoms with Gasteiger partial charge >= 0.3 is 6.03 Å². The van der Waals surface area contributed by atoms with E-state index in [-0.39, 0.29) is 18.6 Å². The standard InChI is InChI=1S/C18H26N4O2/c1-4-8-16(14-9-6-5-7-10-14)21-17(23)19-13-18(2,24)15-11-20-22(3)12-15/h5-7,9-12,16,24H,4,8,13H2,1-3H3,(H2,19,21,23)/t16-,18-/m0/s1. The van der Waals surface area contributed by atoms with Crippen molar-refractivity contribution in [3.63, 3.8) is 0 Å². The molecule has 1 aromatic heterocycles. The maximum Gasteiger partial charge on any atom is 0.315 e. The van der Waals surface area contributed by atoms with E-state index in [1.165, 1.54) is 0 Å². The van der Waals surface area contributed by atoms with Crippen LogP contribution in [-0.4, -0.2) is 27.5 Å². The number of nitrogens with one attached hydrogen (secondary N) is 2. The first-order valence-electron chi connectivity index (χ1n) is 8.23. The minimum Gasteiger partial charge on any atom is -0.383 e. The molecule has 1 heterocycles. The highest BCUT2D eigenvalue weighted by Gasteiger charge is 2.25. The molecule has 0 aliphatic heterocycles. The molecule has 0 fully saturated rings. The van der Waals surface area contributed by atoms with E-state index in [2.05, 4.69) is 22.7 Å². The lowest BCUT2D eigenvalue weighted by Crippen LogP contribution is -2.44. The van der Waals surface area contributed by atoms with Gasteiger partial charge in [-0.2, -0.15) is 5.10 Å². The topological polar surface area (TPSA) is 79.2 Å². The van der Waals surface area contributed by atoms with Crippen molar-refractivity contribution in [3.8, 4) is 0 Å². The van der Waals surface area contributed by atoms with Crippen molar-refractivity contribution in [2.45, 2.75) is 38.3 Å². The molecule has 24 heavy (non-hydrogen) atoms. The molecule has 2 amide bonds. The number of rotatable bonds is 7. The molecule has 2 atom stereocenters. The Balaban J connectivity index is 1.93. The van der Waals surface area contributed by atoms with E-state index in [1.54, 1.807) is 31.0 Å². The van der Waals surface area contributed by atoms with E-state index in [1.807, 2.05) is 30.3 Å². The number of urea groups is 1. The van der Waals surface area contributed by atoms with Crippen LogP contribution in [0.15, 0.2) is 42.7 Å². The summed E-state index contributed by atoms with van der Waals surface area (Å²) in [5, 5.41) is 20.3. The van der Waals surface area contributed by atoms with Crippen LogP contribution in [0, 0.1) is 0 Å². The molecule has 0 spiro atoms. The van der Waals surface area contributed by atoms with Gasteiger partial charge in [0.15, 0.2) is 0 Å². The van der Waals surface area contributed by atoms with Crippen molar-refractivity contribution in [1.82, 2.24) is 20.4 Å². The summed E-state index contributed by atoms with van der Waals surface area (Å²) in [6, 6.07) is 9.56. The lowest BCUT2D eigenvalue weighted by atomic mass is 10.00. The summed E-state index contributed by atoms with van der Waals surface area (Å²) < 4.78 is 1.62. The van der Waals surface area contributed by atoms with Gasteiger partial charge in [0.1, 0.15) is 5.60 Å². The molecule has 3 N–H and O–H groups in total. The van der Waals surface area contributed by atoms with Crippen LogP contribution in [0.1, 0.15) is 43.9 Å². The van der Waals surface area contributed by atoms with Crippen LogP contribution in [0.5, 0.6) is 0 Å². The SMILES string of the molecule is CCC[C@H](NC(=O)NC[C@](C)(O)c1cnn(C)c1)c1ccccc1. The van der Waals surface area contributed by atoms with Gasteiger partial charge < -0.3 is 15.7 Å². The fourth-order valence-corrected chi connectivity index (χ4v) is 2.56. The Bertz CT molecular complexity index is 652. The fourth-order valence-electron chi connectivity index (χ4n) is 2.56. The van der Waals surface area contributed by atoms with Gasteiger partial charge in [0.25, 0.3) is 0 Å². The zero-order chi connectivity index (χ0) is 17.6. The van der Waals surface area contributed by atoms with Crippen molar-refractivity contribution in [3.05, 3.63) is 53.9 Å². The van der Waals surface area contributed by atoms with Crippen LogP contribution in [0.3, 0.4) is 0 Å². The summed E-state index contributed by atoms with van der Waals surface area (Å²) in [4.78, 5) is 12.2. The number of aryl methyl sites for hydroxylation is 1. The molecule has 2 rings (SSSR count). The Kier molecular flexibility index (Phi) is 5.98. The lowest BCUT2D eigenvalue weighted by Gasteiger charge is -2.24. The van der Waals surface area contributed by atoms with Gasteiger partial charge in [-0.3, -0.25) is 4.68 Å². The molecule has 6 nitrogen and oxygen atoms in total. The minimum atomic E-state index is -1.17. The molecule has 0 radical (unpaired) electrons. The minimum absolute atomic E-state index is 0.0421. The monoisotopic (exact) mass is 330 g/mol. The average Bonchev–Trinajstić information content (AvgIpc) is 3.01. The summed E-state index contributed by atoms with van der Waals surface area (Å²) >= 11 is 0. The number of carbonyl (C=O) groups is 1. The third kappa shape index (κ3) is 4.83. The Hall–Kier alpha value is -2.34. The molecule has 6 heteroatoms. The molecular formula is C18H26N4O2. The van der Waals surface area contributed by atoms with E-state index in [0.717, 1.165) is 18.4 Å². The molecule has 130 valence electrons. The van der Waals surface area contributed by atoms with Crippen LogP contribution in [-0.2, 0) is 12.6 Å². The van der Waals surface area contributed by atoms with Crippen LogP contribution < -0.4 is 10.6 Å². The van der Waals surface area contributed by atoms with E-state index >= 15 is 0 Å². The lowest BCUT2D eigenvalue weighted by molar-refractivity contribution is 0.0591. The predicted molar refractivity (Wildman–Crippen MR) is 93.4 cm³/mol. The first-order valence-corrected chi connectivity index (χ1v) is 8.23. The number of aromatic nitrogens is 2. The molecule has 0 aliphatic rings. The smallest absolute Gasteiger partial charge is 0.315 e. The number of carbonyl (C=O) groups excluding carboxylic acids is 1. The summed E-state index contributed by atoms with van der Waals surface area (Å²) in [5.41, 5.74) is 0.575. The molecule has 0 saturated carbocycles. The van der Waals surface area contributed by atoms with Crippen LogP contribution in [0.4, 0.5) is 4.79 Å². The maximum absolute atomic E-state index is 12.2. The van der Waals surface area contributed by atoms with E-state index in [0.29, 0.717) is 5.56 Å². The van der Waals surface area contributed by atoms with E-state index < -0.39 is 5.60 Å². The second-order valence-electron chi connectivity index (χ2n) is 6.26. The van der Waals surface area contributed by atoms with Crippen molar-refractivity contribution < 1.29 is 9.90 Å². The van der Waals surface area contributed by atoms with Gasteiger partial charge in [-0.05, 0) is 18.9 Å². The first-order chi connectivity index (χ1) is 11.4. The van der Waals surface area contributed by atoms with Gasteiger partial charge in [-0.15, -0.1) is 0 Å². The first kappa shape index (κ1) is 18.0. The number of aliphatic hydroxyl groups is 1. The second kappa shape index (κ2) is 7.97. The fraction of sp³-hybridized carbons (Fsp3) is 0.444. The van der Waals surface area contributed by atoms with Gasteiger partial charge in [0.2, 0.25) is 0 Å². The van der Waals surface area contributed by atoms with E-state index in [4.69, 9.17) is 0 Å². The molecule has 1 aromatic carbocycles. The van der Waals surface area contributed by atoms with Crippen LogP contribution >= 0.6 is 0 Å². The highest BCUT2D eigenvalue weighted by Crippen LogP contribution is 2.20. The number of nitrogens with zero attached hydrogens (tertiary/aromatic N) is 2. The maximum atomic E-state index is 12.2. The molecule has 0 bridgehead atoms. The molecular weight excluding hydrogens is 304 g/mol. The second-order valence-corrected chi connectivity index (χ2v) is 6.26. The third-order valence-corrected chi connectivity index (χ3v) is 4.00. The Labute approximate surface area is 142 Å². The van der Waals surface area contributed by atoms with Crippen molar-refractivity contribution in [2.24, 2.45) is 7.05 Å². The van der Waals surface area contributed by atoms with Crippen molar-refractivity contribution >= 4 is 6.03 Å². The highest BCUT2D eigenvalue weighted by atomic mass is 16.3. The van der Waals surface area contributed by atoms with Crippen LogP contribution in [0.2, 0.25) is 0 Å². The summed E-state index contributed by atoms with van der Waals surface area (Å²) in [6.45, 7) is 3.85.